The van der Waals surface area contributed by atoms with Crippen LogP contribution in [-0.2, 0) is 0 Å². The number of alkyl halides is 3. The molecule has 0 aliphatic heterocycles. The van der Waals surface area contributed by atoms with Gasteiger partial charge in [0.25, 0.3) is 0 Å². The SMILES string of the molecule is CN=C(NCCCN(C)CC(F)(F)F)NCC1CC1.I. The summed E-state index contributed by atoms with van der Waals surface area (Å²) in [6.07, 6.45) is -0.931. The molecule has 0 amide bonds. The summed E-state index contributed by atoms with van der Waals surface area (Å²) in [4.78, 5) is 5.34. The van der Waals surface area contributed by atoms with E-state index in [0.29, 0.717) is 19.5 Å². The third kappa shape index (κ3) is 10.5. The summed E-state index contributed by atoms with van der Waals surface area (Å²) >= 11 is 0. The molecule has 0 aromatic rings. The number of nitrogens with one attached hydrogen (secondary N) is 2. The summed E-state index contributed by atoms with van der Waals surface area (Å²) in [6, 6.07) is 0. The number of halogens is 4. The molecule has 2 N–H and O–H groups in total. The second-order valence-electron chi connectivity index (χ2n) is 5.03. The van der Waals surface area contributed by atoms with E-state index in [9.17, 15) is 13.2 Å². The quantitative estimate of drug-likeness (QED) is 0.293. The van der Waals surface area contributed by atoms with Gasteiger partial charge in [-0.05, 0) is 38.8 Å². The van der Waals surface area contributed by atoms with E-state index in [2.05, 4.69) is 15.6 Å². The molecule has 20 heavy (non-hydrogen) atoms. The molecule has 8 heteroatoms. The maximum Gasteiger partial charge on any atom is 0.401 e. The van der Waals surface area contributed by atoms with Crippen LogP contribution >= 0.6 is 24.0 Å². The van der Waals surface area contributed by atoms with Crippen molar-refractivity contribution in [3.63, 3.8) is 0 Å². The van der Waals surface area contributed by atoms with Gasteiger partial charge in [0.1, 0.15) is 0 Å². The molecule has 1 aliphatic rings. The number of nitrogens with zero attached hydrogens (tertiary/aromatic N) is 2. The third-order valence-corrected chi connectivity index (χ3v) is 2.94. The van der Waals surface area contributed by atoms with Crippen molar-refractivity contribution in [2.45, 2.75) is 25.4 Å². The average Bonchev–Trinajstić information content (AvgIpc) is 3.09. The number of guanidine groups is 1. The molecule has 0 aromatic heterocycles. The largest absolute Gasteiger partial charge is 0.401 e. The Bertz CT molecular complexity index is 293. The third-order valence-electron chi connectivity index (χ3n) is 2.94. The highest BCUT2D eigenvalue weighted by Gasteiger charge is 2.28. The van der Waals surface area contributed by atoms with Gasteiger partial charge in [0.15, 0.2) is 5.96 Å². The molecule has 0 bridgehead atoms. The van der Waals surface area contributed by atoms with E-state index >= 15 is 0 Å². The van der Waals surface area contributed by atoms with Crippen LogP contribution < -0.4 is 10.6 Å². The fraction of sp³-hybridized carbons (Fsp3) is 0.917. The van der Waals surface area contributed by atoms with Gasteiger partial charge in [0, 0.05) is 20.1 Å². The molecule has 1 rings (SSSR count). The highest BCUT2D eigenvalue weighted by molar-refractivity contribution is 14.0. The first-order chi connectivity index (χ1) is 8.90. The lowest BCUT2D eigenvalue weighted by Crippen LogP contribution is -2.40. The van der Waals surface area contributed by atoms with E-state index < -0.39 is 12.7 Å². The van der Waals surface area contributed by atoms with Crippen LogP contribution in [0.25, 0.3) is 0 Å². The Labute approximate surface area is 135 Å². The van der Waals surface area contributed by atoms with Crippen LogP contribution in [0.4, 0.5) is 13.2 Å². The molecular weight excluding hydrogens is 384 g/mol. The predicted octanol–water partition coefficient (Wildman–Crippen LogP) is 2.06. The number of hydrogen-bond donors (Lipinski definition) is 2. The smallest absolute Gasteiger partial charge is 0.356 e. The van der Waals surface area contributed by atoms with Crippen LogP contribution in [0.1, 0.15) is 19.3 Å². The van der Waals surface area contributed by atoms with Crippen LogP contribution in [0.2, 0.25) is 0 Å². The first-order valence-electron chi connectivity index (χ1n) is 6.60. The summed E-state index contributed by atoms with van der Waals surface area (Å²) < 4.78 is 36.3. The van der Waals surface area contributed by atoms with Crippen LogP contribution in [0.5, 0.6) is 0 Å². The molecule has 0 saturated heterocycles. The highest BCUT2D eigenvalue weighted by atomic mass is 127. The molecule has 120 valence electrons. The Morgan fingerprint density at radius 2 is 1.95 bits per heavy atom. The fourth-order valence-corrected chi connectivity index (χ4v) is 1.72. The number of aliphatic imine (C=N–C) groups is 1. The standard InChI is InChI=1S/C12H23F3N4.HI/c1-16-11(18-8-10-4-5-10)17-6-3-7-19(2)9-12(13,14)15;/h10H,3-9H2,1-2H3,(H2,16,17,18);1H. The Hall–Kier alpha value is -0.250. The summed E-state index contributed by atoms with van der Waals surface area (Å²) in [5.74, 6) is 1.49. The Kier molecular flexibility index (Phi) is 9.52. The summed E-state index contributed by atoms with van der Waals surface area (Å²) in [6.45, 7) is 1.09. The zero-order chi connectivity index (χ0) is 14.3. The van der Waals surface area contributed by atoms with Crippen molar-refractivity contribution in [2.24, 2.45) is 10.9 Å². The van der Waals surface area contributed by atoms with E-state index in [1.165, 1.54) is 24.8 Å². The van der Waals surface area contributed by atoms with E-state index in [0.717, 1.165) is 18.4 Å². The molecule has 4 nitrogen and oxygen atoms in total. The molecule has 0 radical (unpaired) electrons. The lowest BCUT2D eigenvalue weighted by atomic mass is 10.4. The van der Waals surface area contributed by atoms with Gasteiger partial charge in [-0.15, -0.1) is 24.0 Å². The van der Waals surface area contributed by atoms with Gasteiger partial charge in [-0.1, -0.05) is 0 Å². The molecule has 1 aliphatic carbocycles. The van der Waals surface area contributed by atoms with Crippen molar-refractivity contribution in [3.8, 4) is 0 Å². The predicted molar refractivity (Wildman–Crippen MR) is 85.7 cm³/mol. The number of hydrogen-bond acceptors (Lipinski definition) is 2. The topological polar surface area (TPSA) is 39.7 Å². The summed E-state index contributed by atoms with van der Waals surface area (Å²) in [5.41, 5.74) is 0. The first-order valence-corrected chi connectivity index (χ1v) is 6.60. The lowest BCUT2D eigenvalue weighted by molar-refractivity contribution is -0.143. The van der Waals surface area contributed by atoms with Gasteiger partial charge >= 0.3 is 6.18 Å². The van der Waals surface area contributed by atoms with Gasteiger partial charge in [-0.2, -0.15) is 13.2 Å². The van der Waals surface area contributed by atoms with Gasteiger partial charge in [-0.25, -0.2) is 0 Å². The molecule has 0 heterocycles. The van der Waals surface area contributed by atoms with Gasteiger partial charge < -0.3 is 10.6 Å². The fourth-order valence-electron chi connectivity index (χ4n) is 1.72. The second kappa shape index (κ2) is 9.64. The average molecular weight is 408 g/mol. The Morgan fingerprint density at radius 1 is 1.30 bits per heavy atom. The minimum atomic E-state index is -4.12. The zero-order valence-electron chi connectivity index (χ0n) is 12.0. The minimum absolute atomic E-state index is 0. The normalized spacial score (nSPS) is 16.0. The van der Waals surface area contributed by atoms with E-state index in [1.54, 1.807) is 7.05 Å². The molecular formula is C12H24F3IN4. The lowest BCUT2D eigenvalue weighted by Gasteiger charge is -2.18. The summed E-state index contributed by atoms with van der Waals surface area (Å²) in [7, 11) is 3.17. The second-order valence-corrected chi connectivity index (χ2v) is 5.03. The first kappa shape index (κ1) is 19.8. The molecule has 1 saturated carbocycles. The molecule has 0 aromatic carbocycles. The Balaban J connectivity index is 0.00000361. The van der Waals surface area contributed by atoms with Crippen LogP contribution in [0.3, 0.4) is 0 Å². The van der Waals surface area contributed by atoms with Crippen molar-refractivity contribution in [3.05, 3.63) is 0 Å². The minimum Gasteiger partial charge on any atom is -0.356 e. The van der Waals surface area contributed by atoms with Crippen LogP contribution in [-0.4, -0.2) is 57.3 Å². The zero-order valence-corrected chi connectivity index (χ0v) is 14.3. The van der Waals surface area contributed by atoms with Crippen molar-refractivity contribution in [2.75, 3.05) is 40.3 Å². The van der Waals surface area contributed by atoms with Crippen LogP contribution in [0.15, 0.2) is 4.99 Å². The van der Waals surface area contributed by atoms with Crippen LogP contribution in [0, 0.1) is 5.92 Å². The molecule has 0 atom stereocenters. The molecule has 0 unspecified atom stereocenters. The van der Waals surface area contributed by atoms with Crippen molar-refractivity contribution in [1.82, 2.24) is 15.5 Å². The summed E-state index contributed by atoms with van der Waals surface area (Å²) in [5, 5.41) is 6.30. The Morgan fingerprint density at radius 3 is 2.45 bits per heavy atom. The van der Waals surface area contributed by atoms with Gasteiger partial charge in [0.2, 0.25) is 0 Å². The molecule has 1 fully saturated rings. The maximum absolute atomic E-state index is 12.1. The van der Waals surface area contributed by atoms with Gasteiger partial charge in [0.05, 0.1) is 6.54 Å². The molecule has 0 spiro atoms. The van der Waals surface area contributed by atoms with E-state index in [-0.39, 0.29) is 24.0 Å². The van der Waals surface area contributed by atoms with Crippen molar-refractivity contribution < 1.29 is 13.2 Å². The van der Waals surface area contributed by atoms with Gasteiger partial charge in [-0.3, -0.25) is 9.89 Å². The number of rotatable bonds is 7. The maximum atomic E-state index is 12.1. The monoisotopic (exact) mass is 408 g/mol. The van der Waals surface area contributed by atoms with E-state index in [1.807, 2.05) is 0 Å². The van der Waals surface area contributed by atoms with Crippen molar-refractivity contribution >= 4 is 29.9 Å². The van der Waals surface area contributed by atoms with Crippen molar-refractivity contribution in [1.29, 1.82) is 0 Å². The van der Waals surface area contributed by atoms with E-state index in [4.69, 9.17) is 0 Å². The highest BCUT2D eigenvalue weighted by Crippen LogP contribution is 2.27.